The number of aromatic amines is 1. The van der Waals surface area contributed by atoms with Crippen LogP contribution in [0.1, 0.15) is 51.3 Å². The Morgan fingerprint density at radius 2 is 1.90 bits per heavy atom. The zero-order chi connectivity index (χ0) is 15.2. The Kier molecular flexibility index (Phi) is 5.76. The third-order valence-electron chi connectivity index (χ3n) is 3.74. The molecule has 3 rings (SSSR count). The van der Waals surface area contributed by atoms with Crippen molar-refractivity contribution in [2.24, 2.45) is 5.73 Å². The first-order chi connectivity index (χ1) is 10.2. The summed E-state index contributed by atoms with van der Waals surface area (Å²) in [6.07, 6.45) is 4.31. The average molecular weight is 307 g/mol. The van der Waals surface area contributed by atoms with Crippen molar-refractivity contribution in [3.63, 3.8) is 0 Å². The van der Waals surface area contributed by atoms with Gasteiger partial charge in [0.25, 0.3) is 0 Å². The summed E-state index contributed by atoms with van der Waals surface area (Å²) < 4.78 is 0. The molecule has 3 N–H and O–H groups in total. The predicted octanol–water partition coefficient (Wildman–Crippen LogP) is 4.14. The number of nitrogens with two attached hydrogens (primary N) is 1. The molecule has 2 aromatic rings. The molecule has 1 aliphatic rings. The lowest BCUT2D eigenvalue weighted by Gasteiger charge is -2.23. The Hall–Kier alpha value is -1.39. The van der Waals surface area contributed by atoms with Crippen LogP contribution >= 0.6 is 11.6 Å². The average Bonchev–Trinajstić information content (AvgIpc) is 3.00. The number of rotatable bonds is 2. The molecule has 0 radical (unpaired) electrons. The molecule has 21 heavy (non-hydrogen) atoms. The quantitative estimate of drug-likeness (QED) is 0.876. The van der Waals surface area contributed by atoms with Gasteiger partial charge in [0.15, 0.2) is 5.82 Å². The lowest BCUT2D eigenvalue weighted by atomic mass is 9.86. The van der Waals surface area contributed by atoms with E-state index in [1.165, 1.54) is 0 Å². The third kappa shape index (κ3) is 4.05. The lowest BCUT2D eigenvalue weighted by Crippen LogP contribution is -2.26. The molecule has 0 unspecified atom stereocenters. The molecule has 0 amide bonds. The number of H-pyrrole nitrogens is 1. The van der Waals surface area contributed by atoms with Gasteiger partial charge in [-0.2, -0.15) is 5.10 Å². The second kappa shape index (κ2) is 7.57. The topological polar surface area (TPSA) is 67.6 Å². The van der Waals surface area contributed by atoms with Gasteiger partial charge in [-0.3, -0.25) is 5.10 Å². The molecule has 5 heteroatoms. The van der Waals surface area contributed by atoms with Crippen LogP contribution in [0.25, 0.3) is 11.4 Å². The van der Waals surface area contributed by atoms with E-state index in [-0.39, 0.29) is 0 Å². The largest absolute Gasteiger partial charge is 0.328 e. The highest BCUT2D eigenvalue weighted by Gasteiger charge is 2.23. The van der Waals surface area contributed by atoms with Gasteiger partial charge in [0, 0.05) is 22.5 Å². The first-order valence-corrected chi connectivity index (χ1v) is 8.04. The fraction of sp³-hybridized carbons (Fsp3) is 0.500. The van der Waals surface area contributed by atoms with Gasteiger partial charge in [-0.05, 0) is 37.8 Å². The smallest absolute Gasteiger partial charge is 0.181 e. The summed E-state index contributed by atoms with van der Waals surface area (Å²) >= 11 is 5.99. The molecular weight excluding hydrogens is 284 g/mol. The molecule has 1 aliphatic carbocycles. The van der Waals surface area contributed by atoms with Crippen LogP contribution in [0.5, 0.6) is 0 Å². The SMILES string of the molecule is CC.NC1CCC(c2nc(-c3cccc(Cl)c3)n[nH]2)CC1. The number of hydrogen-bond donors (Lipinski definition) is 2. The van der Waals surface area contributed by atoms with Crippen LogP contribution in [0.2, 0.25) is 5.02 Å². The monoisotopic (exact) mass is 306 g/mol. The molecule has 0 spiro atoms. The van der Waals surface area contributed by atoms with Gasteiger partial charge < -0.3 is 5.73 Å². The van der Waals surface area contributed by atoms with Crippen molar-refractivity contribution in [2.75, 3.05) is 0 Å². The second-order valence-corrected chi connectivity index (χ2v) is 5.60. The molecule has 1 aromatic carbocycles. The van der Waals surface area contributed by atoms with Gasteiger partial charge in [-0.15, -0.1) is 0 Å². The summed E-state index contributed by atoms with van der Waals surface area (Å²) in [7, 11) is 0. The fourth-order valence-electron chi connectivity index (χ4n) is 2.61. The number of benzene rings is 1. The van der Waals surface area contributed by atoms with Crippen molar-refractivity contribution >= 4 is 11.6 Å². The van der Waals surface area contributed by atoms with Gasteiger partial charge in [0.2, 0.25) is 0 Å². The van der Waals surface area contributed by atoms with Gasteiger partial charge in [0.1, 0.15) is 5.82 Å². The summed E-state index contributed by atoms with van der Waals surface area (Å²) in [5.41, 5.74) is 6.87. The summed E-state index contributed by atoms with van der Waals surface area (Å²) in [5, 5.41) is 8.06. The molecule has 1 fully saturated rings. The maximum atomic E-state index is 5.99. The van der Waals surface area contributed by atoms with Crippen molar-refractivity contribution in [1.29, 1.82) is 0 Å². The van der Waals surface area contributed by atoms with Gasteiger partial charge >= 0.3 is 0 Å². The van der Waals surface area contributed by atoms with Gasteiger partial charge in [-0.1, -0.05) is 37.6 Å². The van der Waals surface area contributed by atoms with Gasteiger partial charge in [0.05, 0.1) is 0 Å². The van der Waals surface area contributed by atoms with E-state index in [0.29, 0.717) is 22.8 Å². The van der Waals surface area contributed by atoms with Crippen LogP contribution < -0.4 is 5.73 Å². The third-order valence-corrected chi connectivity index (χ3v) is 3.98. The Morgan fingerprint density at radius 1 is 1.19 bits per heavy atom. The highest BCUT2D eigenvalue weighted by atomic mass is 35.5. The van der Waals surface area contributed by atoms with Crippen LogP contribution in [0, 0.1) is 0 Å². The zero-order valence-corrected chi connectivity index (χ0v) is 13.4. The van der Waals surface area contributed by atoms with Crippen LogP contribution in [0.4, 0.5) is 0 Å². The molecule has 1 saturated carbocycles. The summed E-state index contributed by atoms with van der Waals surface area (Å²) in [6.45, 7) is 4.00. The van der Waals surface area contributed by atoms with E-state index in [1.54, 1.807) is 0 Å². The summed E-state index contributed by atoms with van der Waals surface area (Å²) in [4.78, 5) is 4.60. The summed E-state index contributed by atoms with van der Waals surface area (Å²) in [5.74, 6) is 2.15. The van der Waals surface area contributed by atoms with E-state index in [4.69, 9.17) is 17.3 Å². The Labute approximate surface area is 131 Å². The number of nitrogens with one attached hydrogen (secondary N) is 1. The van der Waals surface area contributed by atoms with Crippen LogP contribution in [-0.2, 0) is 0 Å². The van der Waals surface area contributed by atoms with Crippen molar-refractivity contribution in [3.05, 3.63) is 35.1 Å². The Morgan fingerprint density at radius 3 is 2.57 bits per heavy atom. The van der Waals surface area contributed by atoms with E-state index >= 15 is 0 Å². The minimum absolute atomic E-state index is 0.353. The molecule has 114 valence electrons. The minimum atomic E-state index is 0.353. The highest BCUT2D eigenvalue weighted by Crippen LogP contribution is 2.31. The zero-order valence-electron chi connectivity index (χ0n) is 12.6. The molecule has 1 aromatic heterocycles. The molecule has 0 bridgehead atoms. The molecule has 0 saturated heterocycles. The van der Waals surface area contributed by atoms with E-state index < -0.39 is 0 Å². The standard InChI is InChI=1S/C14H17ClN4.C2H6/c15-11-3-1-2-10(8-11)14-17-13(18-19-14)9-4-6-12(16)7-5-9;1-2/h1-3,8-9,12H,4-7,16H2,(H,17,18,19);1-2H3. The van der Waals surface area contributed by atoms with E-state index in [2.05, 4.69) is 15.2 Å². The predicted molar refractivity (Wildman–Crippen MR) is 87.4 cm³/mol. The molecule has 0 atom stereocenters. The molecule has 0 aliphatic heterocycles. The van der Waals surface area contributed by atoms with Crippen LogP contribution in [-0.4, -0.2) is 21.2 Å². The molecule has 1 heterocycles. The first-order valence-electron chi connectivity index (χ1n) is 7.66. The number of hydrogen-bond acceptors (Lipinski definition) is 3. The van der Waals surface area contributed by atoms with Gasteiger partial charge in [-0.25, -0.2) is 4.98 Å². The molecule has 4 nitrogen and oxygen atoms in total. The number of nitrogens with zero attached hydrogens (tertiary/aromatic N) is 2. The molecular formula is C16H23ClN4. The Balaban J connectivity index is 0.000000774. The first kappa shape index (κ1) is 16.0. The van der Waals surface area contributed by atoms with Crippen LogP contribution in [0.15, 0.2) is 24.3 Å². The van der Waals surface area contributed by atoms with E-state index in [1.807, 2.05) is 38.1 Å². The maximum Gasteiger partial charge on any atom is 0.181 e. The lowest BCUT2D eigenvalue weighted by molar-refractivity contribution is 0.385. The van der Waals surface area contributed by atoms with Crippen molar-refractivity contribution in [1.82, 2.24) is 15.2 Å². The van der Waals surface area contributed by atoms with Crippen molar-refractivity contribution in [3.8, 4) is 11.4 Å². The van der Waals surface area contributed by atoms with Crippen molar-refractivity contribution in [2.45, 2.75) is 51.5 Å². The number of halogens is 1. The normalized spacial score (nSPS) is 21.5. The Bertz CT molecular complexity index is 559. The van der Waals surface area contributed by atoms with Crippen LogP contribution in [0.3, 0.4) is 0 Å². The second-order valence-electron chi connectivity index (χ2n) is 5.17. The highest BCUT2D eigenvalue weighted by molar-refractivity contribution is 6.30. The van der Waals surface area contributed by atoms with E-state index in [0.717, 1.165) is 37.1 Å². The van der Waals surface area contributed by atoms with E-state index in [9.17, 15) is 0 Å². The van der Waals surface area contributed by atoms with Crippen molar-refractivity contribution < 1.29 is 0 Å². The summed E-state index contributed by atoms with van der Waals surface area (Å²) in [6, 6.07) is 7.96. The maximum absolute atomic E-state index is 5.99. The minimum Gasteiger partial charge on any atom is -0.328 e. The number of aromatic nitrogens is 3. The fourth-order valence-corrected chi connectivity index (χ4v) is 2.80.